The maximum absolute atomic E-state index is 12.3. The van der Waals surface area contributed by atoms with E-state index in [1.807, 2.05) is 32.0 Å². The maximum Gasteiger partial charge on any atom is 0.220 e. The first kappa shape index (κ1) is 17.7. The quantitative estimate of drug-likeness (QED) is 0.812. The monoisotopic (exact) mass is 341 g/mol. The fourth-order valence-electron chi connectivity index (χ4n) is 3.36. The topological polar surface area (TPSA) is 67.0 Å². The third kappa shape index (κ3) is 4.69. The Hall–Kier alpha value is -2.14. The summed E-state index contributed by atoms with van der Waals surface area (Å²) in [5, 5.41) is 10.4. The van der Waals surface area contributed by atoms with E-state index in [9.17, 15) is 4.79 Å². The molecule has 0 radical (unpaired) electrons. The van der Waals surface area contributed by atoms with Gasteiger partial charge >= 0.3 is 0 Å². The molecule has 0 spiro atoms. The summed E-state index contributed by atoms with van der Waals surface area (Å²) in [6.45, 7) is 4.64. The van der Waals surface area contributed by atoms with E-state index in [0.717, 1.165) is 36.2 Å². The first-order valence-electron chi connectivity index (χ1n) is 9.09. The number of benzene rings is 1. The van der Waals surface area contributed by atoms with Gasteiger partial charge in [0.15, 0.2) is 0 Å². The molecule has 1 aromatic heterocycles. The lowest BCUT2D eigenvalue weighted by Gasteiger charge is -2.21. The highest BCUT2D eigenvalue weighted by Crippen LogP contribution is 2.23. The van der Waals surface area contributed by atoms with Crippen molar-refractivity contribution in [3.8, 4) is 0 Å². The van der Waals surface area contributed by atoms with Gasteiger partial charge in [0.05, 0.1) is 24.4 Å². The van der Waals surface area contributed by atoms with Crippen molar-refractivity contribution in [1.82, 2.24) is 15.5 Å². The number of hydrogen-bond donors (Lipinski definition) is 2. The normalized spacial score (nSPS) is 19.9. The van der Waals surface area contributed by atoms with Crippen LogP contribution in [0.5, 0.6) is 0 Å². The molecule has 1 fully saturated rings. The van der Waals surface area contributed by atoms with Crippen molar-refractivity contribution in [1.29, 1.82) is 0 Å². The number of aryl methyl sites for hydroxylation is 2. The van der Waals surface area contributed by atoms with E-state index in [0.29, 0.717) is 19.4 Å². The molecule has 2 aromatic rings. The SMILES string of the molecule is Cc1[nH]nc(CCC(=O)N[C@@H]2CCC[C@H]2OCc2ccccc2)c1C. The molecule has 1 amide bonds. The van der Waals surface area contributed by atoms with Gasteiger partial charge in [-0.1, -0.05) is 30.3 Å². The number of hydrogen-bond acceptors (Lipinski definition) is 3. The van der Waals surface area contributed by atoms with Crippen LogP contribution in [0.25, 0.3) is 0 Å². The molecule has 5 nitrogen and oxygen atoms in total. The fraction of sp³-hybridized carbons (Fsp3) is 0.500. The van der Waals surface area contributed by atoms with Crippen molar-refractivity contribution in [3.63, 3.8) is 0 Å². The lowest BCUT2D eigenvalue weighted by atomic mass is 10.1. The largest absolute Gasteiger partial charge is 0.371 e. The third-order valence-electron chi connectivity index (χ3n) is 5.05. The summed E-state index contributed by atoms with van der Waals surface area (Å²) < 4.78 is 6.06. The Morgan fingerprint density at radius 3 is 2.80 bits per heavy atom. The van der Waals surface area contributed by atoms with E-state index in [4.69, 9.17) is 4.74 Å². The molecular formula is C20H27N3O2. The average Bonchev–Trinajstić information content (AvgIpc) is 3.19. The third-order valence-corrected chi connectivity index (χ3v) is 5.05. The number of carbonyl (C=O) groups excluding carboxylic acids is 1. The molecular weight excluding hydrogens is 314 g/mol. The highest BCUT2D eigenvalue weighted by molar-refractivity contribution is 5.76. The van der Waals surface area contributed by atoms with Crippen LogP contribution in [0.3, 0.4) is 0 Å². The Kier molecular flexibility index (Phi) is 5.87. The smallest absolute Gasteiger partial charge is 0.220 e. The van der Waals surface area contributed by atoms with Crippen molar-refractivity contribution in [2.24, 2.45) is 0 Å². The zero-order valence-electron chi connectivity index (χ0n) is 15.0. The number of aromatic amines is 1. The summed E-state index contributed by atoms with van der Waals surface area (Å²) >= 11 is 0. The van der Waals surface area contributed by atoms with Gasteiger partial charge in [-0.05, 0) is 44.2 Å². The van der Waals surface area contributed by atoms with Crippen LogP contribution >= 0.6 is 0 Å². The number of ether oxygens (including phenoxy) is 1. The van der Waals surface area contributed by atoms with Gasteiger partial charge in [-0.2, -0.15) is 5.10 Å². The van der Waals surface area contributed by atoms with E-state index in [1.165, 1.54) is 5.56 Å². The van der Waals surface area contributed by atoms with Crippen LogP contribution in [0.4, 0.5) is 0 Å². The summed E-state index contributed by atoms with van der Waals surface area (Å²) in [6.07, 6.45) is 4.35. The first-order chi connectivity index (χ1) is 12.1. The zero-order valence-corrected chi connectivity index (χ0v) is 15.0. The molecule has 1 heterocycles. The molecule has 2 atom stereocenters. The minimum atomic E-state index is 0.0836. The lowest BCUT2D eigenvalue weighted by molar-refractivity contribution is -0.122. The molecule has 134 valence electrons. The van der Waals surface area contributed by atoms with Crippen LogP contribution in [0, 0.1) is 13.8 Å². The molecule has 0 aliphatic heterocycles. The molecule has 1 aromatic carbocycles. The average molecular weight is 341 g/mol. The number of carbonyl (C=O) groups is 1. The Labute approximate surface area is 149 Å². The van der Waals surface area contributed by atoms with Gasteiger partial charge in [0.2, 0.25) is 5.91 Å². The van der Waals surface area contributed by atoms with Gasteiger partial charge in [-0.3, -0.25) is 9.89 Å². The van der Waals surface area contributed by atoms with E-state index < -0.39 is 0 Å². The molecule has 1 saturated carbocycles. The van der Waals surface area contributed by atoms with E-state index in [2.05, 4.69) is 27.6 Å². The summed E-state index contributed by atoms with van der Waals surface area (Å²) in [7, 11) is 0. The molecule has 1 aliphatic carbocycles. The second-order valence-electron chi connectivity index (χ2n) is 6.86. The Morgan fingerprint density at radius 2 is 2.08 bits per heavy atom. The summed E-state index contributed by atoms with van der Waals surface area (Å²) in [5.41, 5.74) is 4.37. The van der Waals surface area contributed by atoms with Crippen molar-refractivity contribution in [2.45, 2.75) is 64.7 Å². The van der Waals surface area contributed by atoms with E-state index in [-0.39, 0.29) is 18.1 Å². The number of amides is 1. The highest BCUT2D eigenvalue weighted by Gasteiger charge is 2.29. The van der Waals surface area contributed by atoms with Crippen LogP contribution < -0.4 is 5.32 Å². The number of aromatic nitrogens is 2. The van der Waals surface area contributed by atoms with Gasteiger partial charge in [0.25, 0.3) is 0 Å². The maximum atomic E-state index is 12.3. The number of rotatable bonds is 7. The Bertz CT molecular complexity index is 696. The first-order valence-corrected chi connectivity index (χ1v) is 9.09. The fourth-order valence-corrected chi connectivity index (χ4v) is 3.36. The van der Waals surface area contributed by atoms with Gasteiger partial charge in [-0.15, -0.1) is 0 Å². The minimum absolute atomic E-state index is 0.0836. The van der Waals surface area contributed by atoms with Crippen LogP contribution in [0.1, 0.15) is 48.2 Å². The molecule has 0 bridgehead atoms. The Balaban J connectivity index is 1.45. The summed E-state index contributed by atoms with van der Waals surface area (Å²) in [4.78, 5) is 12.3. The van der Waals surface area contributed by atoms with Gasteiger partial charge in [-0.25, -0.2) is 0 Å². The van der Waals surface area contributed by atoms with Gasteiger partial charge < -0.3 is 10.1 Å². The molecule has 3 rings (SSSR count). The van der Waals surface area contributed by atoms with Crippen LogP contribution in [-0.2, 0) is 22.6 Å². The zero-order chi connectivity index (χ0) is 17.6. The predicted octanol–water partition coefficient (Wildman–Crippen LogP) is 3.21. The minimum Gasteiger partial charge on any atom is -0.371 e. The number of nitrogens with zero attached hydrogens (tertiary/aromatic N) is 1. The Morgan fingerprint density at radius 1 is 1.28 bits per heavy atom. The highest BCUT2D eigenvalue weighted by atomic mass is 16.5. The molecule has 1 aliphatic rings. The number of H-pyrrole nitrogens is 1. The van der Waals surface area contributed by atoms with Crippen LogP contribution in [-0.4, -0.2) is 28.3 Å². The molecule has 0 unspecified atom stereocenters. The molecule has 0 saturated heterocycles. The predicted molar refractivity (Wildman–Crippen MR) is 97.2 cm³/mol. The molecule has 2 N–H and O–H groups in total. The molecule has 5 heteroatoms. The van der Waals surface area contributed by atoms with Gasteiger partial charge in [0, 0.05) is 18.5 Å². The van der Waals surface area contributed by atoms with Crippen molar-refractivity contribution in [3.05, 3.63) is 52.8 Å². The molecule has 25 heavy (non-hydrogen) atoms. The van der Waals surface area contributed by atoms with E-state index in [1.54, 1.807) is 0 Å². The number of nitrogens with one attached hydrogen (secondary N) is 2. The second kappa shape index (κ2) is 8.30. The van der Waals surface area contributed by atoms with Gasteiger partial charge in [0.1, 0.15) is 0 Å². The van der Waals surface area contributed by atoms with Crippen LogP contribution in [0.15, 0.2) is 30.3 Å². The summed E-state index contributed by atoms with van der Waals surface area (Å²) in [6, 6.07) is 10.3. The van der Waals surface area contributed by atoms with Crippen LogP contribution in [0.2, 0.25) is 0 Å². The van der Waals surface area contributed by atoms with Crippen molar-refractivity contribution in [2.75, 3.05) is 0 Å². The standard InChI is InChI=1S/C20H27N3O2/c1-14-15(2)22-23-17(14)11-12-20(24)21-18-9-6-10-19(18)25-13-16-7-4-3-5-8-16/h3-5,7-8,18-19H,6,9-13H2,1-2H3,(H,21,24)(H,22,23)/t18-,19-/m1/s1. The summed E-state index contributed by atoms with van der Waals surface area (Å²) in [5.74, 6) is 0.0836. The second-order valence-corrected chi connectivity index (χ2v) is 6.86. The van der Waals surface area contributed by atoms with E-state index >= 15 is 0 Å². The van der Waals surface area contributed by atoms with Crippen molar-refractivity contribution < 1.29 is 9.53 Å². The lowest BCUT2D eigenvalue weighted by Crippen LogP contribution is -2.41. The van der Waals surface area contributed by atoms with Crippen molar-refractivity contribution >= 4 is 5.91 Å².